The molecule has 0 aliphatic carbocycles. The Labute approximate surface area is 109 Å². The van der Waals surface area contributed by atoms with E-state index in [4.69, 9.17) is 5.73 Å². The molecule has 3 N–H and O–H groups in total. The zero-order chi connectivity index (χ0) is 13.1. The smallest absolute Gasteiger partial charge is 0.230 e. The summed E-state index contributed by atoms with van der Waals surface area (Å²) in [5.41, 5.74) is 4.75. The van der Waals surface area contributed by atoms with E-state index >= 15 is 0 Å². The van der Waals surface area contributed by atoms with Crippen LogP contribution >= 0.6 is 15.9 Å². The third-order valence-corrected chi connectivity index (χ3v) is 3.09. The second kappa shape index (κ2) is 5.60. The van der Waals surface area contributed by atoms with Gasteiger partial charge in [0.05, 0.1) is 5.41 Å². The molecule has 94 valence electrons. The minimum Gasteiger partial charge on any atom is -0.354 e. The lowest BCUT2D eigenvalue weighted by Crippen LogP contribution is -2.42. The van der Waals surface area contributed by atoms with Gasteiger partial charge in [-0.1, -0.05) is 15.9 Å². The first-order chi connectivity index (χ1) is 7.89. The molecule has 3 nitrogen and oxygen atoms in total. The highest BCUT2D eigenvalue weighted by Gasteiger charge is 2.32. The fourth-order valence-electron chi connectivity index (χ4n) is 1.51. The third kappa shape index (κ3) is 3.26. The van der Waals surface area contributed by atoms with Gasteiger partial charge in [-0.25, -0.2) is 4.39 Å². The van der Waals surface area contributed by atoms with Gasteiger partial charge in [0, 0.05) is 23.1 Å². The van der Waals surface area contributed by atoms with E-state index < -0.39 is 5.41 Å². The monoisotopic (exact) mass is 302 g/mol. The van der Waals surface area contributed by atoms with Gasteiger partial charge < -0.3 is 11.1 Å². The van der Waals surface area contributed by atoms with Crippen molar-refractivity contribution in [3.8, 4) is 0 Å². The largest absolute Gasteiger partial charge is 0.354 e. The van der Waals surface area contributed by atoms with Crippen LogP contribution in [-0.4, -0.2) is 19.0 Å². The number of carbonyl (C=O) groups is 1. The van der Waals surface area contributed by atoms with E-state index in [1.54, 1.807) is 26.0 Å². The fraction of sp³-hybridized carbons (Fsp3) is 0.417. The van der Waals surface area contributed by atoms with Crippen molar-refractivity contribution in [2.45, 2.75) is 19.3 Å². The van der Waals surface area contributed by atoms with E-state index in [1.807, 2.05) is 0 Å². The summed E-state index contributed by atoms with van der Waals surface area (Å²) < 4.78 is 14.5. The van der Waals surface area contributed by atoms with Gasteiger partial charge in [-0.15, -0.1) is 0 Å². The van der Waals surface area contributed by atoms with Crippen LogP contribution in [0.5, 0.6) is 0 Å². The molecule has 0 aliphatic heterocycles. The number of nitrogens with two attached hydrogens (primary N) is 1. The predicted octanol–water partition coefficient (Wildman–Crippen LogP) is 1.94. The first-order valence-corrected chi connectivity index (χ1v) is 6.12. The molecular weight excluding hydrogens is 287 g/mol. The van der Waals surface area contributed by atoms with Crippen LogP contribution in [0.2, 0.25) is 0 Å². The molecule has 1 aromatic carbocycles. The second-order valence-corrected chi connectivity index (χ2v) is 5.21. The lowest BCUT2D eigenvalue weighted by molar-refractivity contribution is -0.125. The summed E-state index contributed by atoms with van der Waals surface area (Å²) in [7, 11) is 0. The molecule has 0 unspecified atom stereocenters. The summed E-state index contributed by atoms with van der Waals surface area (Å²) in [6, 6.07) is 4.57. The molecule has 0 spiro atoms. The maximum Gasteiger partial charge on any atom is 0.230 e. The van der Waals surface area contributed by atoms with Crippen molar-refractivity contribution in [2.24, 2.45) is 5.73 Å². The maximum atomic E-state index is 13.7. The van der Waals surface area contributed by atoms with Crippen LogP contribution in [0.25, 0.3) is 0 Å². The highest BCUT2D eigenvalue weighted by atomic mass is 79.9. The Morgan fingerprint density at radius 3 is 2.76 bits per heavy atom. The summed E-state index contributed by atoms with van der Waals surface area (Å²) in [5.74, 6) is -0.624. The Morgan fingerprint density at radius 2 is 2.18 bits per heavy atom. The van der Waals surface area contributed by atoms with Crippen LogP contribution < -0.4 is 11.1 Å². The number of hydrogen-bond donors (Lipinski definition) is 2. The standard InChI is InChI=1S/C12H16BrFN2O/c1-12(2,11(17)16-6-5-15)9-7-8(13)3-4-10(9)14/h3-4,7H,5-6,15H2,1-2H3,(H,16,17). The zero-order valence-corrected chi connectivity index (χ0v) is 11.5. The Kier molecular flexibility index (Phi) is 4.65. The van der Waals surface area contributed by atoms with Gasteiger partial charge >= 0.3 is 0 Å². The number of carbonyl (C=O) groups excluding carboxylic acids is 1. The predicted molar refractivity (Wildman–Crippen MR) is 69.2 cm³/mol. The molecular formula is C12H16BrFN2O. The van der Waals surface area contributed by atoms with E-state index in [9.17, 15) is 9.18 Å². The number of rotatable bonds is 4. The Hall–Kier alpha value is -0.940. The van der Waals surface area contributed by atoms with Crippen molar-refractivity contribution in [3.05, 3.63) is 34.1 Å². The van der Waals surface area contributed by atoms with E-state index in [-0.39, 0.29) is 11.7 Å². The zero-order valence-electron chi connectivity index (χ0n) is 9.89. The molecule has 1 aromatic rings. The van der Waals surface area contributed by atoms with Crippen molar-refractivity contribution in [1.82, 2.24) is 5.32 Å². The van der Waals surface area contributed by atoms with Gasteiger partial charge in [0.15, 0.2) is 0 Å². The summed E-state index contributed by atoms with van der Waals surface area (Å²) in [6.07, 6.45) is 0. The van der Waals surface area contributed by atoms with Gasteiger partial charge in [0.1, 0.15) is 5.82 Å². The van der Waals surface area contributed by atoms with Crippen molar-refractivity contribution >= 4 is 21.8 Å². The van der Waals surface area contributed by atoms with Gasteiger partial charge in [-0.2, -0.15) is 0 Å². The van der Waals surface area contributed by atoms with E-state index in [1.165, 1.54) is 6.07 Å². The van der Waals surface area contributed by atoms with E-state index in [2.05, 4.69) is 21.2 Å². The van der Waals surface area contributed by atoms with E-state index in [0.717, 1.165) is 4.47 Å². The third-order valence-electron chi connectivity index (χ3n) is 2.60. The molecule has 0 heterocycles. The minimum absolute atomic E-state index is 0.236. The number of benzene rings is 1. The van der Waals surface area contributed by atoms with Crippen LogP contribution in [-0.2, 0) is 10.2 Å². The highest BCUT2D eigenvalue weighted by molar-refractivity contribution is 9.10. The van der Waals surface area contributed by atoms with Crippen LogP contribution in [0, 0.1) is 5.82 Å². The topological polar surface area (TPSA) is 55.1 Å². The molecule has 1 rings (SSSR count). The van der Waals surface area contributed by atoms with Crippen LogP contribution in [0.3, 0.4) is 0 Å². The Bertz CT molecular complexity index is 421. The van der Waals surface area contributed by atoms with Gasteiger partial charge in [0.25, 0.3) is 0 Å². The molecule has 17 heavy (non-hydrogen) atoms. The summed E-state index contributed by atoms with van der Waals surface area (Å²) in [6.45, 7) is 4.12. The summed E-state index contributed by atoms with van der Waals surface area (Å²) in [5, 5.41) is 2.67. The molecule has 0 saturated heterocycles. The average Bonchev–Trinajstić information content (AvgIpc) is 2.28. The number of hydrogen-bond acceptors (Lipinski definition) is 2. The van der Waals surface area contributed by atoms with E-state index in [0.29, 0.717) is 18.7 Å². The van der Waals surface area contributed by atoms with Gasteiger partial charge in [-0.3, -0.25) is 4.79 Å². The average molecular weight is 303 g/mol. The maximum absolute atomic E-state index is 13.7. The van der Waals surface area contributed by atoms with Crippen molar-refractivity contribution in [2.75, 3.05) is 13.1 Å². The highest BCUT2D eigenvalue weighted by Crippen LogP contribution is 2.28. The second-order valence-electron chi connectivity index (χ2n) is 4.29. The molecule has 1 amide bonds. The Balaban J connectivity index is 3.03. The first-order valence-electron chi connectivity index (χ1n) is 5.33. The van der Waals surface area contributed by atoms with Crippen molar-refractivity contribution in [1.29, 1.82) is 0 Å². The van der Waals surface area contributed by atoms with Crippen LogP contribution in [0.1, 0.15) is 19.4 Å². The lowest BCUT2D eigenvalue weighted by atomic mass is 9.83. The molecule has 0 radical (unpaired) electrons. The molecule has 0 fully saturated rings. The fourth-order valence-corrected chi connectivity index (χ4v) is 1.87. The normalized spacial score (nSPS) is 11.4. The molecule has 0 saturated carbocycles. The SMILES string of the molecule is CC(C)(C(=O)NCCN)c1cc(Br)ccc1F. The van der Waals surface area contributed by atoms with Crippen LogP contribution in [0.15, 0.2) is 22.7 Å². The summed E-state index contributed by atoms with van der Waals surface area (Å²) >= 11 is 3.27. The molecule has 5 heteroatoms. The number of halogens is 2. The van der Waals surface area contributed by atoms with Gasteiger partial charge in [0.2, 0.25) is 5.91 Å². The van der Waals surface area contributed by atoms with Gasteiger partial charge in [-0.05, 0) is 32.0 Å². The minimum atomic E-state index is -0.928. The summed E-state index contributed by atoms with van der Waals surface area (Å²) in [4.78, 5) is 11.9. The number of amides is 1. The number of nitrogens with one attached hydrogen (secondary N) is 1. The first kappa shape index (κ1) is 14.1. The van der Waals surface area contributed by atoms with Crippen LogP contribution in [0.4, 0.5) is 4.39 Å². The molecule has 0 bridgehead atoms. The Morgan fingerprint density at radius 1 is 1.53 bits per heavy atom. The molecule has 0 aromatic heterocycles. The molecule has 0 atom stereocenters. The quantitative estimate of drug-likeness (QED) is 0.893. The van der Waals surface area contributed by atoms with Crippen molar-refractivity contribution < 1.29 is 9.18 Å². The molecule has 0 aliphatic rings. The van der Waals surface area contributed by atoms with Crippen molar-refractivity contribution in [3.63, 3.8) is 0 Å². The lowest BCUT2D eigenvalue weighted by Gasteiger charge is -2.24.